The molecule has 0 radical (unpaired) electrons. The number of nitrogens with one attached hydrogen (secondary N) is 1. The average molecular weight is 259 g/mol. The van der Waals surface area contributed by atoms with Crippen molar-refractivity contribution < 1.29 is 4.39 Å². The molecule has 1 aromatic heterocycles. The molecule has 1 N–H and O–H groups in total. The van der Waals surface area contributed by atoms with E-state index in [9.17, 15) is 4.39 Å². The molecule has 0 atom stereocenters. The Morgan fingerprint density at radius 2 is 2.00 bits per heavy atom. The molecule has 0 aliphatic carbocycles. The van der Waals surface area contributed by atoms with E-state index >= 15 is 0 Å². The number of benzene rings is 1. The SMILES string of the molecule is CCN(c1ccccc1)c1ncc(F)cc1CNC. The standard InChI is InChI=1S/C15H18FN3/c1-3-19(14-7-5-4-6-8-14)15-12(10-17-2)9-13(16)11-18-15/h4-9,11,17H,3,10H2,1-2H3. The molecule has 0 amide bonds. The summed E-state index contributed by atoms with van der Waals surface area (Å²) in [6.07, 6.45) is 1.26. The van der Waals surface area contributed by atoms with E-state index in [1.54, 1.807) is 0 Å². The topological polar surface area (TPSA) is 28.2 Å². The lowest BCUT2D eigenvalue weighted by Gasteiger charge is -2.24. The van der Waals surface area contributed by atoms with Crippen molar-refractivity contribution in [3.8, 4) is 0 Å². The highest BCUT2D eigenvalue weighted by Crippen LogP contribution is 2.26. The molecular formula is C15H18FN3. The van der Waals surface area contributed by atoms with Gasteiger partial charge < -0.3 is 10.2 Å². The van der Waals surface area contributed by atoms with Crippen LogP contribution in [-0.2, 0) is 6.54 Å². The van der Waals surface area contributed by atoms with Crippen LogP contribution in [0.4, 0.5) is 15.9 Å². The molecule has 3 nitrogen and oxygen atoms in total. The van der Waals surface area contributed by atoms with Gasteiger partial charge in [-0.2, -0.15) is 0 Å². The summed E-state index contributed by atoms with van der Waals surface area (Å²) >= 11 is 0. The molecule has 0 spiro atoms. The first kappa shape index (κ1) is 13.5. The van der Waals surface area contributed by atoms with Gasteiger partial charge in [-0.25, -0.2) is 9.37 Å². The van der Waals surface area contributed by atoms with E-state index in [1.165, 1.54) is 12.3 Å². The van der Waals surface area contributed by atoms with Gasteiger partial charge in [0.2, 0.25) is 0 Å². The summed E-state index contributed by atoms with van der Waals surface area (Å²) in [6, 6.07) is 11.5. The summed E-state index contributed by atoms with van der Waals surface area (Å²) in [4.78, 5) is 6.33. The molecular weight excluding hydrogens is 241 g/mol. The number of hydrogen-bond donors (Lipinski definition) is 1. The van der Waals surface area contributed by atoms with E-state index in [0.717, 1.165) is 23.6 Å². The number of rotatable bonds is 5. The van der Waals surface area contributed by atoms with Gasteiger partial charge in [-0.1, -0.05) is 18.2 Å². The maximum atomic E-state index is 13.3. The molecule has 100 valence electrons. The van der Waals surface area contributed by atoms with Crippen molar-refractivity contribution >= 4 is 11.5 Å². The second kappa shape index (κ2) is 6.29. The molecule has 1 heterocycles. The van der Waals surface area contributed by atoms with Crippen LogP contribution < -0.4 is 10.2 Å². The van der Waals surface area contributed by atoms with Gasteiger partial charge in [0.25, 0.3) is 0 Å². The van der Waals surface area contributed by atoms with Crippen LogP contribution in [0, 0.1) is 5.82 Å². The highest BCUT2D eigenvalue weighted by Gasteiger charge is 2.13. The fourth-order valence-electron chi connectivity index (χ4n) is 2.10. The summed E-state index contributed by atoms with van der Waals surface area (Å²) < 4.78 is 13.3. The lowest BCUT2D eigenvalue weighted by Crippen LogP contribution is -2.21. The van der Waals surface area contributed by atoms with Crippen LogP contribution in [0.1, 0.15) is 12.5 Å². The molecule has 0 fully saturated rings. The Morgan fingerprint density at radius 1 is 1.26 bits per heavy atom. The van der Waals surface area contributed by atoms with E-state index in [-0.39, 0.29) is 5.82 Å². The second-order valence-electron chi connectivity index (χ2n) is 4.25. The number of aromatic nitrogens is 1. The number of nitrogens with zero attached hydrogens (tertiary/aromatic N) is 2. The first-order valence-corrected chi connectivity index (χ1v) is 6.38. The van der Waals surface area contributed by atoms with Gasteiger partial charge in [0, 0.05) is 24.3 Å². The maximum absolute atomic E-state index is 13.3. The predicted molar refractivity (Wildman–Crippen MR) is 76.1 cm³/mol. The largest absolute Gasteiger partial charge is 0.326 e. The van der Waals surface area contributed by atoms with Crippen LogP contribution in [0.2, 0.25) is 0 Å². The van der Waals surface area contributed by atoms with E-state index < -0.39 is 0 Å². The molecule has 0 bridgehead atoms. The fraction of sp³-hybridized carbons (Fsp3) is 0.267. The monoisotopic (exact) mass is 259 g/mol. The quantitative estimate of drug-likeness (QED) is 0.894. The summed E-state index contributed by atoms with van der Waals surface area (Å²) in [6.45, 7) is 3.42. The Balaban J connectivity index is 2.43. The molecule has 2 aromatic rings. The van der Waals surface area contributed by atoms with Crippen molar-refractivity contribution in [3.63, 3.8) is 0 Å². The van der Waals surface area contributed by atoms with Crippen LogP contribution in [0.5, 0.6) is 0 Å². The molecule has 0 saturated heterocycles. The zero-order chi connectivity index (χ0) is 13.7. The minimum absolute atomic E-state index is 0.307. The highest BCUT2D eigenvalue weighted by atomic mass is 19.1. The van der Waals surface area contributed by atoms with Gasteiger partial charge in [0.1, 0.15) is 11.6 Å². The van der Waals surface area contributed by atoms with Gasteiger partial charge in [-0.15, -0.1) is 0 Å². The zero-order valence-corrected chi connectivity index (χ0v) is 11.2. The Bertz CT molecular complexity index is 528. The number of para-hydroxylation sites is 1. The number of hydrogen-bond acceptors (Lipinski definition) is 3. The van der Waals surface area contributed by atoms with E-state index in [0.29, 0.717) is 6.54 Å². The Labute approximate surface area is 113 Å². The summed E-state index contributed by atoms with van der Waals surface area (Å²) in [5, 5.41) is 3.05. The van der Waals surface area contributed by atoms with Gasteiger partial charge >= 0.3 is 0 Å². The highest BCUT2D eigenvalue weighted by molar-refractivity contribution is 5.62. The number of halogens is 1. The molecule has 4 heteroatoms. The lowest BCUT2D eigenvalue weighted by molar-refractivity contribution is 0.616. The van der Waals surface area contributed by atoms with Crippen molar-refractivity contribution in [1.82, 2.24) is 10.3 Å². The van der Waals surface area contributed by atoms with Crippen molar-refractivity contribution in [3.05, 3.63) is 54.0 Å². The van der Waals surface area contributed by atoms with Crippen LogP contribution in [-0.4, -0.2) is 18.6 Å². The third kappa shape index (κ3) is 3.09. The zero-order valence-electron chi connectivity index (χ0n) is 11.2. The Hall–Kier alpha value is -1.94. The first-order valence-electron chi connectivity index (χ1n) is 6.38. The Kier molecular flexibility index (Phi) is 4.47. The molecule has 0 aliphatic rings. The van der Waals surface area contributed by atoms with Crippen LogP contribution in [0.15, 0.2) is 42.6 Å². The van der Waals surface area contributed by atoms with Crippen molar-refractivity contribution in [2.75, 3.05) is 18.5 Å². The smallest absolute Gasteiger partial charge is 0.141 e. The minimum atomic E-state index is -0.307. The summed E-state index contributed by atoms with van der Waals surface area (Å²) in [5.74, 6) is 0.488. The van der Waals surface area contributed by atoms with Crippen molar-refractivity contribution in [2.45, 2.75) is 13.5 Å². The number of anilines is 2. The molecule has 2 rings (SSSR count). The van der Waals surface area contributed by atoms with E-state index in [4.69, 9.17) is 0 Å². The van der Waals surface area contributed by atoms with Crippen LogP contribution in [0.25, 0.3) is 0 Å². The molecule has 1 aromatic carbocycles. The van der Waals surface area contributed by atoms with Gasteiger partial charge in [-0.3, -0.25) is 0 Å². The third-order valence-electron chi connectivity index (χ3n) is 2.92. The van der Waals surface area contributed by atoms with Gasteiger partial charge in [0.15, 0.2) is 0 Å². The minimum Gasteiger partial charge on any atom is -0.326 e. The summed E-state index contributed by atoms with van der Waals surface area (Å²) in [5.41, 5.74) is 1.91. The maximum Gasteiger partial charge on any atom is 0.141 e. The Morgan fingerprint density at radius 3 is 2.63 bits per heavy atom. The second-order valence-corrected chi connectivity index (χ2v) is 4.25. The predicted octanol–water partition coefficient (Wildman–Crippen LogP) is 3.10. The van der Waals surface area contributed by atoms with Crippen LogP contribution >= 0.6 is 0 Å². The third-order valence-corrected chi connectivity index (χ3v) is 2.92. The fourth-order valence-corrected chi connectivity index (χ4v) is 2.10. The average Bonchev–Trinajstić information content (AvgIpc) is 2.43. The molecule has 0 aliphatic heterocycles. The lowest BCUT2D eigenvalue weighted by atomic mass is 10.2. The van der Waals surface area contributed by atoms with Crippen molar-refractivity contribution in [1.29, 1.82) is 0 Å². The molecule has 19 heavy (non-hydrogen) atoms. The van der Waals surface area contributed by atoms with E-state index in [2.05, 4.69) is 22.1 Å². The summed E-state index contributed by atoms with van der Waals surface area (Å²) in [7, 11) is 1.84. The van der Waals surface area contributed by atoms with Gasteiger partial charge in [0.05, 0.1) is 6.20 Å². The first-order chi connectivity index (χ1) is 9.26. The molecule has 0 unspecified atom stereocenters. The van der Waals surface area contributed by atoms with Crippen molar-refractivity contribution in [2.24, 2.45) is 0 Å². The van der Waals surface area contributed by atoms with Gasteiger partial charge in [-0.05, 0) is 32.2 Å². The molecule has 0 saturated carbocycles. The normalized spacial score (nSPS) is 10.5. The van der Waals surface area contributed by atoms with Crippen LogP contribution in [0.3, 0.4) is 0 Å². The van der Waals surface area contributed by atoms with E-state index in [1.807, 2.05) is 37.4 Å². The number of pyridine rings is 1.